The third-order valence-corrected chi connectivity index (χ3v) is 2.13. The molecule has 0 radical (unpaired) electrons. The minimum atomic E-state index is -0.223. The van der Waals surface area contributed by atoms with E-state index >= 15 is 0 Å². The first-order valence-corrected chi connectivity index (χ1v) is 5.15. The maximum absolute atomic E-state index is 10.8. The molecule has 0 amide bonds. The Hall–Kier alpha value is -1.55. The second-order valence-electron chi connectivity index (χ2n) is 3.33. The first kappa shape index (κ1) is 12.5. The van der Waals surface area contributed by atoms with Gasteiger partial charge in [0.2, 0.25) is 0 Å². The van der Waals surface area contributed by atoms with Crippen molar-refractivity contribution in [2.45, 2.75) is 19.4 Å². The Bertz CT molecular complexity index is 318. The van der Waals surface area contributed by atoms with Gasteiger partial charge in [0.25, 0.3) is 0 Å². The number of methoxy groups -OCH3 is 1. The van der Waals surface area contributed by atoms with E-state index in [1.54, 1.807) is 24.3 Å². The molecule has 0 bridgehead atoms. The minimum Gasteiger partial charge on any atom is -0.494 e. The van der Waals surface area contributed by atoms with E-state index in [0.717, 1.165) is 11.3 Å². The lowest BCUT2D eigenvalue weighted by Crippen LogP contribution is -2.04. The van der Waals surface area contributed by atoms with Crippen LogP contribution in [0.1, 0.15) is 18.4 Å². The molecule has 0 aliphatic carbocycles. The third-order valence-electron chi connectivity index (χ3n) is 2.13. The summed E-state index contributed by atoms with van der Waals surface area (Å²) in [5, 5.41) is 8.84. The average molecular weight is 224 g/mol. The van der Waals surface area contributed by atoms with Crippen molar-refractivity contribution in [3.05, 3.63) is 29.8 Å². The molecule has 4 nitrogen and oxygen atoms in total. The number of ether oxygens (including phenoxy) is 2. The smallest absolute Gasteiger partial charge is 0.305 e. The predicted octanol–water partition coefficient (Wildman–Crippen LogP) is 1.51. The fourth-order valence-corrected chi connectivity index (χ4v) is 1.20. The summed E-state index contributed by atoms with van der Waals surface area (Å²) >= 11 is 0. The first-order chi connectivity index (χ1) is 7.76. The van der Waals surface area contributed by atoms with Crippen LogP contribution in [0.5, 0.6) is 5.75 Å². The third kappa shape index (κ3) is 4.31. The maximum Gasteiger partial charge on any atom is 0.305 e. The summed E-state index contributed by atoms with van der Waals surface area (Å²) in [7, 11) is 1.37. The van der Waals surface area contributed by atoms with Crippen LogP contribution in [0.25, 0.3) is 0 Å². The van der Waals surface area contributed by atoms with E-state index in [0.29, 0.717) is 19.4 Å². The van der Waals surface area contributed by atoms with Crippen LogP contribution >= 0.6 is 0 Å². The van der Waals surface area contributed by atoms with Crippen LogP contribution in [0.15, 0.2) is 24.3 Å². The second-order valence-corrected chi connectivity index (χ2v) is 3.33. The normalized spacial score (nSPS) is 9.88. The quantitative estimate of drug-likeness (QED) is 0.588. The van der Waals surface area contributed by atoms with Gasteiger partial charge in [-0.3, -0.25) is 4.79 Å². The van der Waals surface area contributed by atoms with Crippen LogP contribution < -0.4 is 4.74 Å². The lowest BCUT2D eigenvalue weighted by Gasteiger charge is -2.06. The van der Waals surface area contributed by atoms with E-state index < -0.39 is 0 Å². The van der Waals surface area contributed by atoms with Gasteiger partial charge in [-0.15, -0.1) is 0 Å². The molecule has 0 saturated carbocycles. The molecule has 1 N–H and O–H groups in total. The lowest BCUT2D eigenvalue weighted by atomic mass is 10.2. The van der Waals surface area contributed by atoms with Crippen molar-refractivity contribution in [1.82, 2.24) is 0 Å². The summed E-state index contributed by atoms with van der Waals surface area (Å²) in [5.41, 5.74) is 0.849. The molecule has 0 spiro atoms. The van der Waals surface area contributed by atoms with Crippen LogP contribution in [0.4, 0.5) is 0 Å². The number of rotatable bonds is 6. The van der Waals surface area contributed by atoms with Gasteiger partial charge in [0.1, 0.15) is 5.75 Å². The molecule has 0 aliphatic rings. The Morgan fingerprint density at radius 1 is 1.31 bits per heavy atom. The SMILES string of the molecule is COC(=O)CCCOc1ccc(CO)cc1. The molecule has 0 aromatic heterocycles. The Morgan fingerprint density at radius 3 is 2.56 bits per heavy atom. The van der Waals surface area contributed by atoms with Gasteiger partial charge in [-0.2, -0.15) is 0 Å². The Balaban J connectivity index is 2.24. The summed E-state index contributed by atoms with van der Waals surface area (Å²) in [5.74, 6) is 0.515. The molecular weight excluding hydrogens is 208 g/mol. The van der Waals surface area contributed by atoms with Gasteiger partial charge in [0, 0.05) is 6.42 Å². The maximum atomic E-state index is 10.8. The molecule has 0 heterocycles. The van der Waals surface area contributed by atoms with Gasteiger partial charge in [-0.05, 0) is 24.1 Å². The van der Waals surface area contributed by atoms with Crippen molar-refractivity contribution in [2.75, 3.05) is 13.7 Å². The number of aliphatic hydroxyl groups is 1. The van der Waals surface area contributed by atoms with Crippen LogP contribution in [0, 0.1) is 0 Å². The highest BCUT2D eigenvalue weighted by atomic mass is 16.5. The Labute approximate surface area is 94.8 Å². The largest absolute Gasteiger partial charge is 0.494 e. The standard InChI is InChI=1S/C12H16O4/c1-15-12(14)3-2-8-16-11-6-4-10(9-13)5-7-11/h4-7,13H,2-3,8-9H2,1H3. The number of hydrogen-bond donors (Lipinski definition) is 1. The molecule has 4 heteroatoms. The Kier molecular flexibility index (Phi) is 5.36. The minimum absolute atomic E-state index is 0.0304. The second kappa shape index (κ2) is 6.85. The summed E-state index contributed by atoms with van der Waals surface area (Å²) < 4.78 is 9.92. The molecule has 0 aliphatic heterocycles. The van der Waals surface area contributed by atoms with Crippen molar-refractivity contribution < 1.29 is 19.4 Å². The van der Waals surface area contributed by atoms with Crippen LogP contribution in [0.3, 0.4) is 0 Å². The molecule has 0 unspecified atom stereocenters. The molecule has 0 saturated heterocycles. The fourth-order valence-electron chi connectivity index (χ4n) is 1.20. The van der Waals surface area contributed by atoms with Crippen molar-refractivity contribution in [3.63, 3.8) is 0 Å². The van der Waals surface area contributed by atoms with Crippen LogP contribution in [-0.2, 0) is 16.1 Å². The zero-order valence-corrected chi connectivity index (χ0v) is 9.31. The average Bonchev–Trinajstić information content (AvgIpc) is 2.35. The summed E-state index contributed by atoms with van der Waals surface area (Å²) in [4.78, 5) is 10.8. The zero-order valence-electron chi connectivity index (χ0n) is 9.31. The highest BCUT2D eigenvalue weighted by Gasteiger charge is 2.00. The van der Waals surface area contributed by atoms with E-state index in [-0.39, 0.29) is 12.6 Å². The van der Waals surface area contributed by atoms with Gasteiger partial charge in [0.15, 0.2) is 0 Å². The predicted molar refractivity (Wildman–Crippen MR) is 59.1 cm³/mol. The van der Waals surface area contributed by atoms with E-state index in [9.17, 15) is 4.79 Å². The fraction of sp³-hybridized carbons (Fsp3) is 0.417. The molecule has 16 heavy (non-hydrogen) atoms. The molecule has 1 rings (SSSR count). The number of esters is 1. The number of carbonyl (C=O) groups excluding carboxylic acids is 1. The van der Waals surface area contributed by atoms with Gasteiger partial charge < -0.3 is 14.6 Å². The van der Waals surface area contributed by atoms with Gasteiger partial charge in [-0.1, -0.05) is 12.1 Å². The number of aliphatic hydroxyl groups excluding tert-OH is 1. The molecule has 0 atom stereocenters. The Morgan fingerprint density at radius 2 is 2.00 bits per heavy atom. The van der Waals surface area contributed by atoms with Crippen molar-refractivity contribution in [2.24, 2.45) is 0 Å². The van der Waals surface area contributed by atoms with Crippen molar-refractivity contribution in [1.29, 1.82) is 0 Å². The highest BCUT2D eigenvalue weighted by Crippen LogP contribution is 2.12. The van der Waals surface area contributed by atoms with Gasteiger partial charge in [-0.25, -0.2) is 0 Å². The molecule has 0 fully saturated rings. The lowest BCUT2D eigenvalue weighted by molar-refractivity contribution is -0.140. The molecule has 1 aromatic rings. The van der Waals surface area contributed by atoms with E-state index in [4.69, 9.17) is 9.84 Å². The molecule has 1 aromatic carbocycles. The molecule has 88 valence electrons. The van der Waals surface area contributed by atoms with Crippen LogP contribution in [-0.4, -0.2) is 24.8 Å². The number of benzene rings is 1. The molecular formula is C12H16O4. The topological polar surface area (TPSA) is 55.8 Å². The monoisotopic (exact) mass is 224 g/mol. The van der Waals surface area contributed by atoms with E-state index in [1.807, 2.05) is 0 Å². The summed E-state index contributed by atoms with van der Waals surface area (Å²) in [6, 6.07) is 7.19. The first-order valence-electron chi connectivity index (χ1n) is 5.15. The van der Waals surface area contributed by atoms with Gasteiger partial charge >= 0.3 is 5.97 Å². The van der Waals surface area contributed by atoms with Crippen molar-refractivity contribution in [3.8, 4) is 5.75 Å². The number of carbonyl (C=O) groups is 1. The van der Waals surface area contributed by atoms with Crippen LogP contribution in [0.2, 0.25) is 0 Å². The van der Waals surface area contributed by atoms with Crippen molar-refractivity contribution >= 4 is 5.97 Å². The zero-order chi connectivity index (χ0) is 11.8. The highest BCUT2D eigenvalue weighted by molar-refractivity contribution is 5.68. The summed E-state index contributed by atoms with van der Waals surface area (Å²) in [6.07, 6.45) is 1.000. The van der Waals surface area contributed by atoms with Gasteiger partial charge in [0.05, 0.1) is 20.3 Å². The summed E-state index contributed by atoms with van der Waals surface area (Å²) in [6.45, 7) is 0.510. The number of hydrogen-bond acceptors (Lipinski definition) is 4. The van der Waals surface area contributed by atoms with E-state index in [1.165, 1.54) is 7.11 Å². The van der Waals surface area contributed by atoms with E-state index in [2.05, 4.69) is 4.74 Å².